The van der Waals surface area contributed by atoms with Crippen LogP contribution in [-0.4, -0.2) is 57.1 Å². The van der Waals surface area contributed by atoms with Crippen molar-refractivity contribution in [2.24, 2.45) is 0 Å². The van der Waals surface area contributed by atoms with Gasteiger partial charge in [-0.05, 0) is 61.2 Å². The number of hydrogen-bond acceptors (Lipinski definition) is 5. The summed E-state index contributed by atoms with van der Waals surface area (Å²) in [6.45, 7) is 3.96. The monoisotopic (exact) mass is 681 g/mol. The maximum Gasteiger partial charge on any atom is 0.243 e. The van der Waals surface area contributed by atoms with Crippen LogP contribution in [0.25, 0.3) is 0 Å². The van der Waals surface area contributed by atoms with Crippen molar-refractivity contribution in [2.75, 3.05) is 24.2 Å². The Labute approximate surface area is 275 Å². The van der Waals surface area contributed by atoms with Crippen molar-refractivity contribution >= 4 is 62.3 Å². The molecule has 8 nitrogen and oxygen atoms in total. The number of ether oxygens (including phenoxy) is 1. The molecule has 2 atom stereocenters. The molecule has 3 aromatic rings. The Morgan fingerprint density at radius 2 is 1.68 bits per heavy atom. The number of nitrogens with one attached hydrogen (secondary N) is 1. The molecule has 3 aromatic carbocycles. The van der Waals surface area contributed by atoms with E-state index < -0.39 is 16.1 Å². The highest BCUT2D eigenvalue weighted by molar-refractivity contribution is 7.92. The maximum absolute atomic E-state index is 14.0. The van der Waals surface area contributed by atoms with E-state index in [0.29, 0.717) is 27.0 Å². The highest BCUT2D eigenvalue weighted by atomic mass is 35.5. The molecule has 0 aliphatic heterocycles. The average Bonchev–Trinajstić information content (AvgIpc) is 2.97. The molecule has 44 heavy (non-hydrogen) atoms. The van der Waals surface area contributed by atoms with E-state index in [-0.39, 0.29) is 55.2 Å². The van der Waals surface area contributed by atoms with Crippen LogP contribution in [0, 0.1) is 0 Å². The Kier molecular flexibility index (Phi) is 13.2. The molecule has 0 saturated carbocycles. The van der Waals surface area contributed by atoms with Crippen LogP contribution >= 0.6 is 34.8 Å². The Hall–Kier alpha value is -2.98. The number of halogens is 3. The standard InChI is InChI=1S/C32H38Cl3N3O5S/c1-5-22(2)36-32(40)29(18-23-10-7-6-8-11-23)37(21-24-13-14-25(33)19-27(24)34)31(39)12-9-17-38(44(4,41)42)26-15-16-30(43-3)28(35)20-26/h6-8,10-11,13-16,19-20,22,29H,5,9,12,17-18,21H2,1-4H3,(H,36,40)/t22-,29-/m0/s1. The highest BCUT2D eigenvalue weighted by Gasteiger charge is 2.31. The van der Waals surface area contributed by atoms with E-state index in [1.54, 1.807) is 30.3 Å². The summed E-state index contributed by atoms with van der Waals surface area (Å²) in [5.74, 6) is -0.194. The molecule has 0 unspecified atom stereocenters. The van der Waals surface area contributed by atoms with Gasteiger partial charge in [0.2, 0.25) is 21.8 Å². The molecule has 1 N–H and O–H groups in total. The first-order valence-electron chi connectivity index (χ1n) is 14.2. The van der Waals surface area contributed by atoms with Gasteiger partial charge in [-0.15, -0.1) is 0 Å². The van der Waals surface area contributed by atoms with Gasteiger partial charge in [-0.1, -0.05) is 78.1 Å². The number of hydrogen-bond donors (Lipinski definition) is 1. The summed E-state index contributed by atoms with van der Waals surface area (Å²) < 4.78 is 31.8. The topological polar surface area (TPSA) is 96.0 Å². The number of rotatable bonds is 15. The van der Waals surface area contributed by atoms with E-state index in [4.69, 9.17) is 39.5 Å². The second-order valence-electron chi connectivity index (χ2n) is 10.5. The van der Waals surface area contributed by atoms with Gasteiger partial charge in [-0.3, -0.25) is 13.9 Å². The molecule has 238 valence electrons. The third-order valence-corrected chi connectivity index (χ3v) is 9.28. The summed E-state index contributed by atoms with van der Waals surface area (Å²) in [7, 11) is -2.23. The van der Waals surface area contributed by atoms with Gasteiger partial charge >= 0.3 is 0 Å². The van der Waals surface area contributed by atoms with Gasteiger partial charge in [0.1, 0.15) is 11.8 Å². The van der Waals surface area contributed by atoms with Crippen LogP contribution in [-0.2, 0) is 32.6 Å². The predicted molar refractivity (Wildman–Crippen MR) is 178 cm³/mol. The molecule has 0 heterocycles. The van der Waals surface area contributed by atoms with Crippen LogP contribution in [0.4, 0.5) is 5.69 Å². The lowest BCUT2D eigenvalue weighted by Gasteiger charge is -2.33. The fourth-order valence-electron chi connectivity index (χ4n) is 4.64. The highest BCUT2D eigenvalue weighted by Crippen LogP contribution is 2.31. The molecular formula is C32H38Cl3N3O5S. The van der Waals surface area contributed by atoms with E-state index >= 15 is 0 Å². The molecule has 0 aliphatic carbocycles. The summed E-state index contributed by atoms with van der Waals surface area (Å²) in [4.78, 5) is 29.2. The smallest absolute Gasteiger partial charge is 0.243 e. The van der Waals surface area contributed by atoms with Crippen LogP contribution in [0.3, 0.4) is 0 Å². The number of methoxy groups -OCH3 is 1. The van der Waals surface area contributed by atoms with E-state index in [9.17, 15) is 18.0 Å². The maximum atomic E-state index is 14.0. The van der Waals surface area contributed by atoms with Crippen molar-refractivity contribution in [3.63, 3.8) is 0 Å². The van der Waals surface area contributed by atoms with Gasteiger partial charge < -0.3 is 15.0 Å². The van der Waals surface area contributed by atoms with Crippen LogP contribution < -0.4 is 14.4 Å². The number of amides is 2. The van der Waals surface area contributed by atoms with Gasteiger partial charge in [0.25, 0.3) is 0 Å². The largest absolute Gasteiger partial charge is 0.495 e. The molecular weight excluding hydrogens is 645 g/mol. The Bertz CT molecular complexity index is 1540. The third kappa shape index (κ3) is 10.0. The first-order chi connectivity index (χ1) is 20.8. The van der Waals surface area contributed by atoms with Crippen molar-refractivity contribution in [3.05, 3.63) is 92.9 Å². The Balaban J connectivity index is 1.92. The fraction of sp³-hybridized carbons (Fsp3) is 0.375. The summed E-state index contributed by atoms with van der Waals surface area (Å²) in [5.41, 5.74) is 1.87. The number of carbonyl (C=O) groups excluding carboxylic acids is 2. The van der Waals surface area contributed by atoms with E-state index in [1.165, 1.54) is 22.4 Å². The molecule has 0 aliphatic rings. The number of anilines is 1. The molecule has 2 amide bonds. The predicted octanol–water partition coefficient (Wildman–Crippen LogP) is 6.76. The number of nitrogens with zero attached hydrogens (tertiary/aromatic N) is 2. The molecule has 0 bridgehead atoms. The molecule has 0 spiro atoms. The minimum absolute atomic E-state index is 0.0190. The van der Waals surface area contributed by atoms with Crippen molar-refractivity contribution in [3.8, 4) is 5.75 Å². The second kappa shape index (κ2) is 16.4. The number of benzene rings is 3. The Morgan fingerprint density at radius 1 is 0.977 bits per heavy atom. The van der Waals surface area contributed by atoms with Crippen LogP contribution in [0.1, 0.15) is 44.2 Å². The van der Waals surface area contributed by atoms with E-state index in [2.05, 4.69) is 5.32 Å². The van der Waals surface area contributed by atoms with Crippen molar-refractivity contribution in [1.82, 2.24) is 10.2 Å². The quantitative estimate of drug-likeness (QED) is 0.191. The molecule has 3 rings (SSSR count). The SMILES string of the molecule is CC[C@H](C)NC(=O)[C@H](Cc1ccccc1)N(Cc1ccc(Cl)cc1Cl)C(=O)CCCN(c1ccc(OC)c(Cl)c1)S(C)(=O)=O. The second-order valence-corrected chi connectivity index (χ2v) is 13.7. The fourth-order valence-corrected chi connectivity index (χ4v) is 6.32. The number of sulfonamides is 1. The first-order valence-corrected chi connectivity index (χ1v) is 17.2. The molecule has 0 aromatic heterocycles. The molecule has 12 heteroatoms. The van der Waals surface area contributed by atoms with Crippen LogP contribution in [0.2, 0.25) is 15.1 Å². The van der Waals surface area contributed by atoms with Crippen LogP contribution in [0.15, 0.2) is 66.7 Å². The zero-order chi connectivity index (χ0) is 32.4. The third-order valence-electron chi connectivity index (χ3n) is 7.20. The van der Waals surface area contributed by atoms with Gasteiger partial charge in [-0.25, -0.2) is 8.42 Å². The van der Waals surface area contributed by atoms with Gasteiger partial charge in [0.05, 0.1) is 24.1 Å². The minimum Gasteiger partial charge on any atom is -0.495 e. The lowest BCUT2D eigenvalue weighted by Crippen LogP contribution is -2.52. The Morgan fingerprint density at radius 3 is 2.27 bits per heavy atom. The van der Waals surface area contributed by atoms with Gasteiger partial charge in [0, 0.05) is 42.0 Å². The summed E-state index contributed by atoms with van der Waals surface area (Å²) >= 11 is 18.9. The van der Waals surface area contributed by atoms with Gasteiger partial charge in [0.15, 0.2) is 0 Å². The minimum atomic E-state index is -3.70. The van der Waals surface area contributed by atoms with Crippen molar-refractivity contribution in [2.45, 2.75) is 58.2 Å². The van der Waals surface area contributed by atoms with E-state index in [0.717, 1.165) is 18.2 Å². The molecule has 0 saturated heterocycles. The number of carbonyl (C=O) groups is 2. The molecule has 0 fully saturated rings. The lowest BCUT2D eigenvalue weighted by molar-refractivity contribution is -0.141. The van der Waals surface area contributed by atoms with E-state index in [1.807, 2.05) is 44.2 Å². The zero-order valence-electron chi connectivity index (χ0n) is 25.2. The zero-order valence-corrected chi connectivity index (χ0v) is 28.3. The first kappa shape index (κ1) is 35.5. The summed E-state index contributed by atoms with van der Waals surface area (Å²) in [6.07, 6.45) is 2.25. The summed E-state index contributed by atoms with van der Waals surface area (Å²) in [6, 6.07) is 18.2. The normalized spacial score (nSPS) is 12.7. The van der Waals surface area contributed by atoms with Crippen molar-refractivity contribution < 1.29 is 22.7 Å². The molecule has 0 radical (unpaired) electrons. The van der Waals surface area contributed by atoms with Gasteiger partial charge in [-0.2, -0.15) is 0 Å². The van der Waals surface area contributed by atoms with Crippen molar-refractivity contribution in [1.29, 1.82) is 0 Å². The van der Waals surface area contributed by atoms with Crippen LogP contribution in [0.5, 0.6) is 5.75 Å². The average molecular weight is 683 g/mol. The summed E-state index contributed by atoms with van der Waals surface area (Å²) in [5, 5.41) is 4.11. The lowest BCUT2D eigenvalue weighted by atomic mass is 10.0.